The summed E-state index contributed by atoms with van der Waals surface area (Å²) in [7, 11) is 3.14. The van der Waals surface area contributed by atoms with E-state index in [2.05, 4.69) is 46.3 Å². The zero-order valence-electron chi connectivity index (χ0n) is 23.9. The molecule has 10 nitrogen and oxygen atoms in total. The summed E-state index contributed by atoms with van der Waals surface area (Å²) in [6, 6.07) is 9.60. The fourth-order valence-electron chi connectivity index (χ4n) is 5.87. The van der Waals surface area contributed by atoms with Gasteiger partial charge in [-0.05, 0) is 55.1 Å². The summed E-state index contributed by atoms with van der Waals surface area (Å²) in [5.41, 5.74) is 2.07. The van der Waals surface area contributed by atoms with E-state index in [1.807, 2.05) is 18.2 Å². The van der Waals surface area contributed by atoms with Crippen LogP contribution in [0.1, 0.15) is 57.1 Å². The lowest BCUT2D eigenvalue weighted by Crippen LogP contribution is -2.44. The van der Waals surface area contributed by atoms with Gasteiger partial charge in [-0.2, -0.15) is 5.26 Å². The van der Waals surface area contributed by atoms with E-state index in [1.165, 1.54) is 4.90 Å². The second-order valence-corrected chi connectivity index (χ2v) is 12.1. The topological polar surface area (TPSA) is 114 Å². The van der Waals surface area contributed by atoms with Crippen molar-refractivity contribution in [2.45, 2.75) is 59.7 Å². The average molecular weight is 545 g/mol. The van der Waals surface area contributed by atoms with Gasteiger partial charge in [0.1, 0.15) is 11.7 Å². The molecule has 3 aromatic rings. The molecule has 0 aliphatic carbocycles. The number of hydrogen-bond donors (Lipinski definition) is 0. The quantitative estimate of drug-likeness (QED) is 0.412. The number of ether oxygens (including phenoxy) is 2. The third kappa shape index (κ3) is 5.26. The molecule has 40 heavy (non-hydrogen) atoms. The first-order valence-electron chi connectivity index (χ1n) is 13.6. The Labute approximate surface area is 234 Å². The van der Waals surface area contributed by atoms with Gasteiger partial charge in [-0.15, -0.1) is 0 Å². The van der Waals surface area contributed by atoms with Gasteiger partial charge < -0.3 is 14.0 Å². The fourth-order valence-corrected chi connectivity index (χ4v) is 5.87. The lowest BCUT2D eigenvalue weighted by atomic mass is 9.77. The molecule has 1 spiro atoms. The first-order chi connectivity index (χ1) is 19.1. The second-order valence-electron chi connectivity index (χ2n) is 12.1. The van der Waals surface area contributed by atoms with Crippen LogP contribution in [-0.4, -0.2) is 63.5 Å². The molecule has 0 atom stereocenters. The molecule has 0 saturated carbocycles. The molecule has 1 aromatic carbocycles. The zero-order chi connectivity index (χ0) is 28.7. The van der Waals surface area contributed by atoms with Crippen molar-refractivity contribution in [1.29, 1.82) is 5.26 Å². The highest BCUT2D eigenvalue weighted by atomic mass is 16.5. The van der Waals surface area contributed by atoms with Crippen LogP contribution in [0.3, 0.4) is 0 Å². The number of amides is 2. The molecular formula is C30H36N6O4. The summed E-state index contributed by atoms with van der Waals surface area (Å²) in [5.74, 6) is 1.14. The van der Waals surface area contributed by atoms with E-state index >= 15 is 0 Å². The van der Waals surface area contributed by atoms with E-state index < -0.39 is 5.41 Å². The molecule has 0 radical (unpaired) electrons. The molecule has 2 aromatic heterocycles. The van der Waals surface area contributed by atoms with Crippen molar-refractivity contribution in [2.24, 2.45) is 10.8 Å². The Kier molecular flexibility index (Phi) is 7.27. The van der Waals surface area contributed by atoms with E-state index in [4.69, 9.17) is 9.47 Å². The van der Waals surface area contributed by atoms with E-state index in [0.29, 0.717) is 30.9 Å². The molecule has 2 fully saturated rings. The van der Waals surface area contributed by atoms with Gasteiger partial charge in [-0.25, -0.2) is 9.97 Å². The maximum absolute atomic E-state index is 13.6. The van der Waals surface area contributed by atoms with E-state index in [-0.39, 0.29) is 36.0 Å². The van der Waals surface area contributed by atoms with Gasteiger partial charge in [0.15, 0.2) is 11.5 Å². The number of aromatic nitrogens is 3. The van der Waals surface area contributed by atoms with Gasteiger partial charge in [0.2, 0.25) is 17.6 Å². The second kappa shape index (κ2) is 10.5. The van der Waals surface area contributed by atoms with Crippen molar-refractivity contribution in [3.8, 4) is 17.6 Å². The summed E-state index contributed by atoms with van der Waals surface area (Å²) in [5, 5.41) is 10.2. The molecule has 210 valence electrons. The highest BCUT2D eigenvalue weighted by Gasteiger charge is 2.52. The van der Waals surface area contributed by atoms with Gasteiger partial charge in [0, 0.05) is 36.8 Å². The number of rotatable bonds is 7. The summed E-state index contributed by atoms with van der Waals surface area (Å²) >= 11 is 0. The largest absolute Gasteiger partial charge is 0.493 e. The zero-order valence-corrected chi connectivity index (χ0v) is 23.9. The van der Waals surface area contributed by atoms with Crippen LogP contribution in [0.15, 0.2) is 30.5 Å². The number of piperidine rings is 1. The van der Waals surface area contributed by atoms with E-state index in [0.717, 1.165) is 41.9 Å². The Bertz CT molecular complexity index is 1490. The number of nitrogens with zero attached hydrogens (tertiary/aromatic N) is 6. The minimum Gasteiger partial charge on any atom is -0.493 e. The number of fused-ring (bicyclic) bond motifs is 1. The third-order valence-corrected chi connectivity index (χ3v) is 7.93. The summed E-state index contributed by atoms with van der Waals surface area (Å²) < 4.78 is 12.9. The lowest BCUT2D eigenvalue weighted by Gasteiger charge is -2.37. The van der Waals surface area contributed by atoms with E-state index in [1.54, 1.807) is 26.5 Å². The predicted molar refractivity (Wildman–Crippen MR) is 148 cm³/mol. The first kappa shape index (κ1) is 27.6. The van der Waals surface area contributed by atoms with Crippen molar-refractivity contribution in [3.63, 3.8) is 0 Å². The summed E-state index contributed by atoms with van der Waals surface area (Å²) in [4.78, 5) is 39.1. The standard InChI is InChI=1S/C30H36N6O4/c1-29(2,3)19-36-22(13-21-16-32-25(15-31)33-27(21)36)18-34-10-8-30(9-11-34)14-26(37)35(28(30)38)17-20-6-7-23(39-4)24(12-20)40-5/h6-7,12-13,16H,8-11,14,17-19H2,1-5H3. The Morgan fingerprint density at radius 2 is 1.77 bits per heavy atom. The lowest BCUT2D eigenvalue weighted by molar-refractivity contribution is -0.143. The van der Waals surface area contributed by atoms with Crippen LogP contribution in [0.5, 0.6) is 11.5 Å². The van der Waals surface area contributed by atoms with Gasteiger partial charge in [0.25, 0.3) is 0 Å². The van der Waals surface area contributed by atoms with Gasteiger partial charge in [-0.3, -0.25) is 19.4 Å². The van der Waals surface area contributed by atoms with Crippen LogP contribution in [0.2, 0.25) is 0 Å². The Morgan fingerprint density at radius 3 is 2.42 bits per heavy atom. The third-order valence-electron chi connectivity index (χ3n) is 7.93. The normalized spacial score (nSPS) is 17.6. The van der Waals surface area contributed by atoms with Crippen LogP contribution >= 0.6 is 0 Å². The van der Waals surface area contributed by atoms with Crippen molar-refractivity contribution < 1.29 is 19.1 Å². The van der Waals surface area contributed by atoms with Crippen LogP contribution in [-0.2, 0) is 29.2 Å². The Hall–Kier alpha value is -3.97. The van der Waals surface area contributed by atoms with Gasteiger partial charge in [-0.1, -0.05) is 26.8 Å². The minimum atomic E-state index is -0.643. The highest BCUT2D eigenvalue weighted by Crippen LogP contribution is 2.43. The number of hydrogen-bond acceptors (Lipinski definition) is 8. The molecule has 2 saturated heterocycles. The number of carbonyl (C=O) groups excluding carboxylic acids is 2. The number of imide groups is 1. The highest BCUT2D eigenvalue weighted by molar-refractivity contribution is 6.05. The molecule has 0 bridgehead atoms. The van der Waals surface area contributed by atoms with Gasteiger partial charge >= 0.3 is 0 Å². The molecule has 2 aliphatic heterocycles. The van der Waals surface area contributed by atoms with Gasteiger partial charge in [0.05, 0.1) is 26.2 Å². The van der Waals surface area contributed by atoms with Crippen LogP contribution in [0.25, 0.3) is 11.0 Å². The SMILES string of the molecule is COc1ccc(CN2C(=O)CC3(CCN(Cc4cc5cnc(C#N)nc5n4CC(C)(C)C)CC3)C2=O)cc1OC. The van der Waals surface area contributed by atoms with E-state index in [9.17, 15) is 14.9 Å². The molecule has 5 rings (SSSR count). The molecular weight excluding hydrogens is 508 g/mol. The molecule has 0 unspecified atom stereocenters. The van der Waals surface area contributed by atoms with Crippen molar-refractivity contribution in [1.82, 2.24) is 24.3 Å². The average Bonchev–Trinajstić information content (AvgIpc) is 3.37. The summed E-state index contributed by atoms with van der Waals surface area (Å²) in [6.07, 6.45) is 3.24. The van der Waals surface area contributed by atoms with Crippen molar-refractivity contribution in [2.75, 3.05) is 27.3 Å². The molecule has 2 aliphatic rings. The monoisotopic (exact) mass is 544 g/mol. The maximum atomic E-state index is 13.6. The number of nitriles is 1. The maximum Gasteiger partial charge on any atom is 0.236 e. The molecule has 0 N–H and O–H groups in total. The molecule has 10 heteroatoms. The number of methoxy groups -OCH3 is 2. The number of benzene rings is 1. The predicted octanol–water partition coefficient (Wildman–Crippen LogP) is 3.91. The smallest absolute Gasteiger partial charge is 0.236 e. The molecule has 4 heterocycles. The minimum absolute atomic E-state index is 0.0123. The Balaban J connectivity index is 1.30. The molecule has 2 amide bonds. The van der Waals surface area contributed by atoms with Crippen molar-refractivity contribution >= 4 is 22.8 Å². The number of carbonyl (C=O) groups is 2. The first-order valence-corrected chi connectivity index (χ1v) is 13.6. The van der Waals surface area contributed by atoms with Crippen LogP contribution in [0, 0.1) is 22.2 Å². The van der Waals surface area contributed by atoms with Crippen LogP contribution < -0.4 is 9.47 Å². The fraction of sp³-hybridized carbons (Fsp3) is 0.500. The van der Waals surface area contributed by atoms with Crippen LogP contribution in [0.4, 0.5) is 0 Å². The van der Waals surface area contributed by atoms with Crippen molar-refractivity contribution in [3.05, 3.63) is 47.5 Å². The Morgan fingerprint density at radius 1 is 1.05 bits per heavy atom. The number of likely N-dealkylation sites (tertiary alicyclic amines) is 2. The summed E-state index contributed by atoms with van der Waals surface area (Å²) in [6.45, 7) is 9.64.